The predicted molar refractivity (Wildman–Crippen MR) is 123 cm³/mol. The van der Waals surface area contributed by atoms with Crippen molar-refractivity contribution < 1.29 is 21.4 Å². The number of halogens is 3. The van der Waals surface area contributed by atoms with Crippen molar-refractivity contribution in [3.05, 3.63) is 125 Å². The van der Waals surface area contributed by atoms with Gasteiger partial charge in [0, 0.05) is 4.47 Å². The second kappa shape index (κ2) is 9.80. The van der Waals surface area contributed by atoms with Crippen molar-refractivity contribution in [2.24, 2.45) is 0 Å². The average Bonchev–Trinajstić information content (AvgIpc) is 2.73. The Labute approximate surface area is 191 Å². The molecule has 0 bridgehead atoms. The summed E-state index contributed by atoms with van der Waals surface area (Å²) >= 11 is 3.46. The van der Waals surface area contributed by atoms with Gasteiger partial charge in [-0.25, -0.2) is 4.39 Å². The lowest BCUT2D eigenvalue weighted by atomic mass is 10.2. The van der Waals surface area contributed by atoms with Crippen molar-refractivity contribution in [2.45, 2.75) is 6.16 Å². The molecule has 0 saturated heterocycles. The van der Waals surface area contributed by atoms with Crippen LogP contribution in [0.2, 0.25) is 0 Å². The van der Waals surface area contributed by atoms with Gasteiger partial charge in [0.25, 0.3) is 0 Å². The number of hydrogen-bond acceptors (Lipinski definition) is 0. The Morgan fingerprint density at radius 2 is 1.03 bits per heavy atom. The van der Waals surface area contributed by atoms with Crippen LogP contribution in [0.15, 0.2) is 114 Å². The molecule has 4 aromatic carbocycles. The van der Waals surface area contributed by atoms with E-state index < -0.39 is 7.26 Å². The Hall–Kier alpha value is -1.80. The highest BCUT2D eigenvalue weighted by molar-refractivity contribution is 9.10. The Balaban J connectivity index is 0.00000240. The topological polar surface area (TPSA) is 0 Å². The lowest BCUT2D eigenvalue weighted by molar-refractivity contribution is -0.00000596. The molecule has 0 fully saturated rings. The van der Waals surface area contributed by atoms with E-state index >= 15 is 0 Å². The molecule has 4 heteroatoms. The summed E-state index contributed by atoms with van der Waals surface area (Å²) in [5.74, 6) is -0.211. The van der Waals surface area contributed by atoms with Gasteiger partial charge in [0.2, 0.25) is 0 Å². The third kappa shape index (κ3) is 4.69. The normalized spacial score (nSPS) is 11.0. The SMILES string of the molecule is Fc1cc(Br)cc(C[P+](c2ccccc2)(c2ccccc2)c2ccccc2)c1.[Br-]. The summed E-state index contributed by atoms with van der Waals surface area (Å²) in [6.07, 6.45) is 0.765. The van der Waals surface area contributed by atoms with Crippen LogP contribution in [-0.2, 0) is 6.16 Å². The summed E-state index contributed by atoms with van der Waals surface area (Å²) in [7, 11) is -2.00. The molecule has 0 unspecified atom stereocenters. The van der Waals surface area contributed by atoms with Crippen LogP contribution in [0.5, 0.6) is 0 Å². The molecule has 0 aliphatic carbocycles. The molecule has 0 aliphatic heterocycles. The van der Waals surface area contributed by atoms with Gasteiger partial charge in [-0.1, -0.05) is 70.5 Å². The molecule has 146 valence electrons. The molecule has 0 aliphatic rings. The van der Waals surface area contributed by atoms with Gasteiger partial charge in [0.05, 0.1) is 6.16 Å². The van der Waals surface area contributed by atoms with Crippen LogP contribution in [0.3, 0.4) is 0 Å². The maximum Gasteiger partial charge on any atom is 0.124 e. The summed E-state index contributed by atoms with van der Waals surface area (Å²) in [5, 5.41) is 3.90. The maximum atomic E-state index is 14.2. The highest BCUT2D eigenvalue weighted by atomic mass is 79.9. The van der Waals surface area contributed by atoms with Gasteiger partial charge < -0.3 is 17.0 Å². The van der Waals surface area contributed by atoms with Crippen molar-refractivity contribution >= 4 is 39.1 Å². The van der Waals surface area contributed by atoms with Crippen LogP contribution >= 0.6 is 23.2 Å². The molecule has 29 heavy (non-hydrogen) atoms. The highest BCUT2D eigenvalue weighted by Gasteiger charge is 2.45. The Bertz CT molecular complexity index is 937. The van der Waals surface area contributed by atoms with Crippen LogP contribution in [0, 0.1) is 5.82 Å². The van der Waals surface area contributed by atoms with E-state index in [1.807, 2.05) is 24.3 Å². The van der Waals surface area contributed by atoms with E-state index in [0.29, 0.717) is 0 Å². The molecule has 0 heterocycles. The van der Waals surface area contributed by atoms with Crippen molar-refractivity contribution in [2.75, 3.05) is 0 Å². The van der Waals surface area contributed by atoms with Crippen LogP contribution in [0.1, 0.15) is 5.56 Å². The monoisotopic (exact) mass is 528 g/mol. The summed E-state index contributed by atoms with van der Waals surface area (Å²) in [6.45, 7) is 0. The lowest BCUT2D eigenvalue weighted by Gasteiger charge is -2.28. The third-order valence-corrected chi connectivity index (χ3v) is 9.77. The van der Waals surface area contributed by atoms with Gasteiger partial charge in [-0.15, -0.1) is 0 Å². The van der Waals surface area contributed by atoms with Crippen LogP contribution < -0.4 is 32.9 Å². The molecule has 0 aromatic heterocycles. The van der Waals surface area contributed by atoms with Crippen LogP contribution in [-0.4, -0.2) is 0 Å². The van der Waals surface area contributed by atoms with E-state index in [2.05, 4.69) is 88.7 Å². The zero-order valence-corrected chi connectivity index (χ0v) is 19.7. The lowest BCUT2D eigenvalue weighted by Crippen LogP contribution is -3.00. The summed E-state index contributed by atoms with van der Waals surface area (Å²) in [5.41, 5.74) is 0.997. The fourth-order valence-corrected chi connectivity index (χ4v) is 8.47. The van der Waals surface area contributed by atoms with E-state index in [-0.39, 0.29) is 22.8 Å². The molecular weight excluding hydrogens is 510 g/mol. The molecule has 4 rings (SSSR count). The number of hydrogen-bond donors (Lipinski definition) is 0. The predicted octanol–water partition coefficient (Wildman–Crippen LogP) is 3.09. The summed E-state index contributed by atoms with van der Waals surface area (Å²) in [6, 6.07) is 37.2. The van der Waals surface area contributed by atoms with Crippen molar-refractivity contribution in [1.82, 2.24) is 0 Å². The van der Waals surface area contributed by atoms with Crippen LogP contribution in [0.25, 0.3) is 0 Å². The first-order valence-electron chi connectivity index (χ1n) is 9.18. The minimum absolute atomic E-state index is 0. The van der Waals surface area contributed by atoms with Gasteiger partial charge in [0.15, 0.2) is 0 Å². The Morgan fingerprint density at radius 3 is 1.41 bits per heavy atom. The van der Waals surface area contributed by atoms with Gasteiger partial charge in [0.1, 0.15) is 29.0 Å². The molecule has 0 nitrogen and oxygen atoms in total. The second-order valence-electron chi connectivity index (χ2n) is 6.75. The van der Waals surface area contributed by atoms with Gasteiger partial charge in [-0.2, -0.15) is 0 Å². The fourth-order valence-electron chi connectivity index (χ4n) is 3.74. The number of rotatable bonds is 5. The zero-order chi connectivity index (χ0) is 19.4. The maximum absolute atomic E-state index is 14.2. The molecular formula is C25H20Br2FP. The van der Waals surface area contributed by atoms with Gasteiger partial charge in [-0.05, 0) is 60.2 Å². The van der Waals surface area contributed by atoms with Crippen molar-refractivity contribution in [3.63, 3.8) is 0 Å². The summed E-state index contributed by atoms with van der Waals surface area (Å²) < 4.78 is 15.0. The quantitative estimate of drug-likeness (QED) is 0.349. The van der Waals surface area contributed by atoms with Crippen molar-refractivity contribution in [1.29, 1.82) is 0 Å². The first kappa shape index (κ1) is 21.9. The zero-order valence-electron chi connectivity index (χ0n) is 15.7. The molecule has 0 spiro atoms. The first-order valence-corrected chi connectivity index (χ1v) is 11.9. The van der Waals surface area contributed by atoms with Gasteiger partial charge >= 0.3 is 0 Å². The van der Waals surface area contributed by atoms with Gasteiger partial charge in [-0.3, -0.25) is 0 Å². The average molecular weight is 530 g/mol. The molecule has 0 N–H and O–H groups in total. The van der Waals surface area contributed by atoms with E-state index in [0.717, 1.165) is 16.2 Å². The highest BCUT2D eigenvalue weighted by Crippen LogP contribution is 2.58. The molecule has 4 aromatic rings. The van der Waals surface area contributed by atoms with E-state index in [9.17, 15) is 4.39 Å². The smallest absolute Gasteiger partial charge is 0.124 e. The van der Waals surface area contributed by atoms with Crippen LogP contribution in [0.4, 0.5) is 4.39 Å². The molecule has 0 radical (unpaired) electrons. The van der Waals surface area contributed by atoms with E-state index in [1.54, 1.807) is 6.07 Å². The first-order chi connectivity index (χ1) is 13.7. The summed E-state index contributed by atoms with van der Waals surface area (Å²) in [4.78, 5) is 0. The molecule has 0 saturated carbocycles. The minimum atomic E-state index is -2.00. The van der Waals surface area contributed by atoms with E-state index in [1.165, 1.54) is 22.0 Å². The molecule has 0 atom stereocenters. The largest absolute Gasteiger partial charge is 1.00 e. The molecule has 0 amide bonds. The second-order valence-corrected chi connectivity index (χ2v) is 11.2. The fraction of sp³-hybridized carbons (Fsp3) is 0.0400. The Morgan fingerprint density at radius 1 is 0.621 bits per heavy atom. The minimum Gasteiger partial charge on any atom is -1.00 e. The Kier molecular flexibility index (Phi) is 7.40. The van der Waals surface area contributed by atoms with E-state index in [4.69, 9.17) is 0 Å². The number of benzene rings is 4. The third-order valence-electron chi connectivity index (χ3n) is 4.93. The standard InChI is InChI=1S/C25H20BrFP.BrH/c26-21-16-20(17-22(27)18-21)19-28(23-10-4-1-5-11-23,24-12-6-2-7-13-24)25-14-8-3-9-15-25;/h1-18H,19H2;1H/q+1;/p-1. The van der Waals surface area contributed by atoms with Crippen molar-refractivity contribution in [3.8, 4) is 0 Å².